The zero-order valence-corrected chi connectivity index (χ0v) is 28.0. The van der Waals surface area contributed by atoms with Crippen molar-refractivity contribution in [3.05, 3.63) is 83.6 Å². The van der Waals surface area contributed by atoms with E-state index in [1.807, 2.05) is 49.4 Å². The molecule has 248 valence electrons. The summed E-state index contributed by atoms with van der Waals surface area (Å²) in [4.78, 5) is 26.5. The van der Waals surface area contributed by atoms with Crippen LogP contribution in [0.3, 0.4) is 0 Å². The first-order valence-corrected chi connectivity index (χ1v) is 15.8. The van der Waals surface area contributed by atoms with E-state index in [9.17, 15) is 4.79 Å². The lowest BCUT2D eigenvalue weighted by molar-refractivity contribution is 0.121. The molecule has 11 nitrogen and oxygen atoms in total. The number of benzene rings is 3. The Morgan fingerprint density at radius 2 is 1.74 bits per heavy atom. The maximum absolute atomic E-state index is 13.0. The smallest absolute Gasteiger partial charge is 0.413 e. The number of rotatable bonds is 12. The Hall–Kier alpha value is -4.87. The molecule has 3 aromatic carbocycles. The summed E-state index contributed by atoms with van der Waals surface area (Å²) in [5, 5.41) is 5.90. The number of hydrogen-bond donors (Lipinski definition) is 2. The molecule has 2 heterocycles. The molecule has 0 spiro atoms. The molecule has 0 aliphatic carbocycles. The van der Waals surface area contributed by atoms with Crippen LogP contribution >= 0.6 is 0 Å². The van der Waals surface area contributed by atoms with E-state index in [0.29, 0.717) is 35.5 Å². The fraction of sp³-hybridized carbons (Fsp3) is 0.361. The first-order valence-electron chi connectivity index (χ1n) is 15.8. The van der Waals surface area contributed by atoms with Gasteiger partial charge in [-0.2, -0.15) is 4.98 Å². The summed E-state index contributed by atoms with van der Waals surface area (Å²) >= 11 is 0. The maximum atomic E-state index is 13.0. The molecule has 47 heavy (non-hydrogen) atoms. The molecule has 1 atom stereocenters. The highest BCUT2D eigenvalue weighted by molar-refractivity contribution is 5.84. The molecule has 5 rings (SSSR count). The van der Waals surface area contributed by atoms with E-state index in [4.69, 9.17) is 18.9 Å². The molecule has 2 N–H and O–H groups in total. The minimum atomic E-state index is -0.642. The third-order valence-electron chi connectivity index (χ3n) is 8.44. The zero-order chi connectivity index (χ0) is 33.3. The number of hydrogen-bond acceptors (Lipinski definition) is 10. The SMILES string of the molecule is COc1ccc(-c2cccc(C)c2C)c(C(C)OC(=O)Nc2ccnc(Nc3ccc(OCCN4CCN(C)CC4)c(OC)c3)n2)c1. The normalized spacial score (nSPS) is 14.3. The van der Waals surface area contributed by atoms with E-state index in [1.165, 1.54) is 5.56 Å². The van der Waals surface area contributed by atoms with E-state index in [1.54, 1.807) is 26.5 Å². The molecule has 0 bridgehead atoms. The first kappa shape index (κ1) is 33.5. The van der Waals surface area contributed by atoms with Crippen LogP contribution in [0, 0.1) is 13.8 Å². The lowest BCUT2D eigenvalue weighted by atomic mass is 9.91. The molecule has 1 amide bonds. The molecular weight excluding hydrogens is 596 g/mol. The van der Waals surface area contributed by atoms with Crippen molar-refractivity contribution in [1.82, 2.24) is 19.8 Å². The average Bonchev–Trinajstić information content (AvgIpc) is 3.07. The molecule has 4 aromatic rings. The van der Waals surface area contributed by atoms with Gasteiger partial charge in [-0.25, -0.2) is 9.78 Å². The second-order valence-electron chi connectivity index (χ2n) is 11.6. The van der Waals surface area contributed by atoms with Crippen LogP contribution in [0.4, 0.5) is 22.2 Å². The highest BCUT2D eigenvalue weighted by Crippen LogP contribution is 2.36. The van der Waals surface area contributed by atoms with Crippen molar-refractivity contribution in [1.29, 1.82) is 0 Å². The summed E-state index contributed by atoms with van der Waals surface area (Å²) in [5.74, 6) is 2.52. The number of ether oxygens (including phenoxy) is 4. The summed E-state index contributed by atoms with van der Waals surface area (Å²) < 4.78 is 22.9. The summed E-state index contributed by atoms with van der Waals surface area (Å²) in [7, 11) is 5.37. The van der Waals surface area contributed by atoms with Gasteiger partial charge in [0.15, 0.2) is 11.5 Å². The van der Waals surface area contributed by atoms with Crippen molar-refractivity contribution in [2.45, 2.75) is 26.9 Å². The number of anilines is 3. The van der Waals surface area contributed by atoms with Gasteiger partial charge in [0.2, 0.25) is 5.95 Å². The van der Waals surface area contributed by atoms with E-state index in [-0.39, 0.29) is 5.82 Å². The largest absolute Gasteiger partial charge is 0.497 e. The molecule has 1 unspecified atom stereocenters. The number of amides is 1. The number of aryl methyl sites for hydroxylation is 1. The number of nitrogens with one attached hydrogen (secondary N) is 2. The van der Waals surface area contributed by atoms with Gasteiger partial charge in [0, 0.05) is 56.2 Å². The highest BCUT2D eigenvalue weighted by atomic mass is 16.6. The standard InChI is InChI=1S/C36H44N6O5/c1-24-8-7-9-29(25(24)2)30-12-11-28(44-5)23-31(30)26(3)47-36(43)40-34-14-15-37-35(39-34)38-27-10-13-32(33(22-27)45-6)46-21-20-42-18-16-41(4)17-19-42/h7-15,22-23,26H,16-21H2,1-6H3,(H2,37,38,39,40,43). The number of aromatic nitrogens is 2. The maximum Gasteiger partial charge on any atom is 0.413 e. The minimum Gasteiger partial charge on any atom is -0.497 e. The van der Waals surface area contributed by atoms with Gasteiger partial charge in [-0.1, -0.05) is 24.3 Å². The van der Waals surface area contributed by atoms with E-state index in [0.717, 1.165) is 55.0 Å². The van der Waals surface area contributed by atoms with Gasteiger partial charge in [0.1, 0.15) is 24.3 Å². The molecule has 1 saturated heterocycles. The van der Waals surface area contributed by atoms with Gasteiger partial charge in [-0.3, -0.25) is 10.2 Å². The number of methoxy groups -OCH3 is 2. The number of piperazine rings is 1. The molecule has 0 radical (unpaired) electrons. The molecule has 0 saturated carbocycles. The van der Waals surface area contributed by atoms with Gasteiger partial charge in [-0.05, 0) is 80.4 Å². The molecule has 11 heteroatoms. The monoisotopic (exact) mass is 640 g/mol. The Bertz CT molecular complexity index is 1670. The topological polar surface area (TPSA) is 110 Å². The van der Waals surface area contributed by atoms with Gasteiger partial charge >= 0.3 is 6.09 Å². The minimum absolute atomic E-state index is 0.288. The van der Waals surface area contributed by atoms with Gasteiger partial charge < -0.3 is 29.2 Å². The second-order valence-corrected chi connectivity index (χ2v) is 11.6. The van der Waals surface area contributed by atoms with Crippen molar-refractivity contribution >= 4 is 23.5 Å². The lowest BCUT2D eigenvalue weighted by Crippen LogP contribution is -2.45. The second kappa shape index (κ2) is 15.6. The Morgan fingerprint density at radius 3 is 2.51 bits per heavy atom. The summed E-state index contributed by atoms with van der Waals surface area (Å²) in [6, 6.07) is 19.1. The highest BCUT2D eigenvalue weighted by Gasteiger charge is 2.20. The van der Waals surface area contributed by atoms with E-state index < -0.39 is 12.2 Å². The predicted molar refractivity (Wildman–Crippen MR) is 184 cm³/mol. The average molecular weight is 641 g/mol. The molecule has 1 fully saturated rings. The Morgan fingerprint density at radius 1 is 0.936 bits per heavy atom. The number of carbonyl (C=O) groups excluding carboxylic acids is 1. The van der Waals surface area contributed by atoms with Gasteiger partial charge in [0.05, 0.1) is 14.2 Å². The van der Waals surface area contributed by atoms with Gasteiger partial charge in [0.25, 0.3) is 0 Å². The van der Waals surface area contributed by atoms with Crippen molar-refractivity contribution in [3.63, 3.8) is 0 Å². The predicted octanol–water partition coefficient (Wildman–Crippen LogP) is 6.46. The van der Waals surface area contributed by atoms with Crippen LogP contribution in [0.15, 0.2) is 66.9 Å². The fourth-order valence-corrected chi connectivity index (χ4v) is 5.49. The number of carbonyl (C=O) groups is 1. The van der Waals surface area contributed by atoms with Crippen LogP contribution in [0.1, 0.15) is 29.7 Å². The van der Waals surface area contributed by atoms with Crippen molar-refractivity contribution in [2.24, 2.45) is 0 Å². The van der Waals surface area contributed by atoms with Crippen molar-refractivity contribution in [2.75, 3.05) is 71.2 Å². The summed E-state index contributed by atoms with van der Waals surface area (Å²) in [6.45, 7) is 11.7. The molecule has 1 aliphatic rings. The van der Waals surface area contributed by atoms with Crippen molar-refractivity contribution in [3.8, 4) is 28.4 Å². The Kier molecular flexibility index (Phi) is 11.1. The number of likely N-dealkylation sites (N-methyl/N-ethyl adjacent to an activating group) is 1. The molecule has 1 aliphatic heterocycles. The first-order chi connectivity index (χ1) is 22.7. The lowest BCUT2D eigenvalue weighted by Gasteiger charge is -2.32. The fourth-order valence-electron chi connectivity index (χ4n) is 5.49. The summed E-state index contributed by atoms with van der Waals surface area (Å²) in [5.41, 5.74) is 5.94. The van der Waals surface area contributed by atoms with Crippen LogP contribution in [0.5, 0.6) is 17.2 Å². The van der Waals surface area contributed by atoms with Gasteiger partial charge in [-0.15, -0.1) is 0 Å². The van der Waals surface area contributed by atoms with Crippen LogP contribution in [-0.4, -0.2) is 86.5 Å². The van der Waals surface area contributed by atoms with E-state index >= 15 is 0 Å². The zero-order valence-electron chi connectivity index (χ0n) is 28.0. The van der Waals surface area contributed by atoms with Crippen molar-refractivity contribution < 1.29 is 23.7 Å². The third-order valence-corrected chi connectivity index (χ3v) is 8.44. The van der Waals surface area contributed by atoms with Crippen LogP contribution in [0.2, 0.25) is 0 Å². The Labute approximate surface area is 276 Å². The van der Waals surface area contributed by atoms with Crippen LogP contribution in [-0.2, 0) is 4.74 Å². The molecule has 1 aromatic heterocycles. The Balaban J connectivity index is 1.21. The number of nitrogens with zero attached hydrogens (tertiary/aromatic N) is 4. The molecular formula is C36H44N6O5. The van der Waals surface area contributed by atoms with Crippen LogP contribution < -0.4 is 24.8 Å². The van der Waals surface area contributed by atoms with E-state index in [2.05, 4.69) is 63.4 Å². The van der Waals surface area contributed by atoms with Crippen LogP contribution in [0.25, 0.3) is 11.1 Å². The summed E-state index contributed by atoms with van der Waals surface area (Å²) in [6.07, 6.45) is 0.341. The third kappa shape index (κ3) is 8.69. The quantitative estimate of drug-likeness (QED) is 0.179.